The summed E-state index contributed by atoms with van der Waals surface area (Å²) in [7, 11) is 0. The highest BCUT2D eigenvalue weighted by Crippen LogP contribution is 2.24. The molecule has 3 heterocycles. The fourth-order valence-corrected chi connectivity index (χ4v) is 3.14. The summed E-state index contributed by atoms with van der Waals surface area (Å²) in [6.07, 6.45) is 0. The highest BCUT2D eigenvalue weighted by atomic mass is 16.5. The summed E-state index contributed by atoms with van der Waals surface area (Å²) in [5.41, 5.74) is 2.61. The smallest absolute Gasteiger partial charge is 0.215 e. The maximum absolute atomic E-state index is 9.48. The minimum absolute atomic E-state index is 0.611. The van der Waals surface area contributed by atoms with Crippen LogP contribution in [0.25, 0.3) is 0 Å². The third-order valence-corrected chi connectivity index (χ3v) is 4.34. The summed E-state index contributed by atoms with van der Waals surface area (Å²) in [6, 6.07) is 10.1. The van der Waals surface area contributed by atoms with Gasteiger partial charge in [0.15, 0.2) is 0 Å². The van der Waals surface area contributed by atoms with Gasteiger partial charge in [-0.3, -0.25) is 0 Å². The molecule has 1 fully saturated rings. The number of nitrogens with zero attached hydrogens (tertiary/aromatic N) is 5. The number of hydrogen-bond acceptors (Lipinski definition) is 6. The second-order valence-corrected chi connectivity index (χ2v) is 6.13. The zero-order chi connectivity index (χ0) is 17.8. The number of piperazine rings is 1. The molecule has 0 amide bonds. The highest BCUT2D eigenvalue weighted by molar-refractivity contribution is 5.59. The Labute approximate surface area is 148 Å². The molecule has 25 heavy (non-hydrogen) atoms. The molecule has 2 aromatic rings. The van der Waals surface area contributed by atoms with E-state index in [0.29, 0.717) is 18.1 Å². The Bertz CT molecular complexity index is 791. The van der Waals surface area contributed by atoms with Crippen molar-refractivity contribution in [1.29, 1.82) is 5.26 Å². The molecule has 0 saturated carbocycles. The van der Waals surface area contributed by atoms with Crippen LogP contribution < -0.4 is 14.5 Å². The van der Waals surface area contributed by atoms with E-state index >= 15 is 0 Å². The third kappa shape index (κ3) is 3.66. The molecule has 0 bridgehead atoms. The number of hydrogen-bond donors (Lipinski definition) is 0. The third-order valence-electron chi connectivity index (χ3n) is 4.34. The van der Waals surface area contributed by atoms with Gasteiger partial charge in [0.05, 0.1) is 12.2 Å². The van der Waals surface area contributed by atoms with Crippen LogP contribution in [0.3, 0.4) is 0 Å². The molecule has 0 radical (unpaired) electrons. The van der Waals surface area contributed by atoms with Gasteiger partial charge >= 0.3 is 0 Å². The predicted octanol–water partition coefficient (Wildman–Crippen LogP) is 2.69. The minimum Gasteiger partial charge on any atom is -0.478 e. The standard InChI is InChI=1S/C19H23N5O/c1-4-25-18-7-5-6-17(22-18)23-8-10-24(11-9-23)19-16(13-20)14(2)12-15(3)21-19/h5-7,12H,4,8-11H2,1-3H3. The largest absolute Gasteiger partial charge is 0.478 e. The van der Waals surface area contributed by atoms with Crippen LogP contribution in [0.1, 0.15) is 23.7 Å². The maximum Gasteiger partial charge on any atom is 0.215 e. The Balaban J connectivity index is 1.75. The van der Waals surface area contributed by atoms with Crippen LogP contribution in [0.4, 0.5) is 11.6 Å². The zero-order valence-corrected chi connectivity index (χ0v) is 15.0. The Morgan fingerprint density at radius 2 is 1.84 bits per heavy atom. The molecular weight excluding hydrogens is 314 g/mol. The van der Waals surface area contributed by atoms with Crippen LogP contribution in [0.15, 0.2) is 24.3 Å². The molecule has 1 aliphatic rings. The molecule has 130 valence electrons. The Morgan fingerprint density at radius 1 is 1.12 bits per heavy atom. The van der Waals surface area contributed by atoms with E-state index in [0.717, 1.165) is 49.1 Å². The molecule has 6 nitrogen and oxygen atoms in total. The van der Waals surface area contributed by atoms with Crippen molar-refractivity contribution in [2.45, 2.75) is 20.8 Å². The second kappa shape index (κ2) is 7.39. The van der Waals surface area contributed by atoms with E-state index in [1.54, 1.807) is 0 Å². The lowest BCUT2D eigenvalue weighted by molar-refractivity contribution is 0.327. The van der Waals surface area contributed by atoms with Gasteiger partial charge in [-0.1, -0.05) is 6.07 Å². The fraction of sp³-hybridized carbons (Fsp3) is 0.421. The topological polar surface area (TPSA) is 65.3 Å². The van der Waals surface area contributed by atoms with Crippen molar-refractivity contribution in [2.75, 3.05) is 42.6 Å². The van der Waals surface area contributed by atoms with E-state index in [4.69, 9.17) is 4.74 Å². The van der Waals surface area contributed by atoms with Gasteiger partial charge in [0, 0.05) is 37.9 Å². The van der Waals surface area contributed by atoms with Gasteiger partial charge < -0.3 is 14.5 Å². The van der Waals surface area contributed by atoms with Gasteiger partial charge in [0.1, 0.15) is 17.7 Å². The van der Waals surface area contributed by atoms with Gasteiger partial charge in [0.2, 0.25) is 5.88 Å². The molecule has 3 rings (SSSR count). The molecule has 0 N–H and O–H groups in total. The number of ether oxygens (including phenoxy) is 1. The fourth-order valence-electron chi connectivity index (χ4n) is 3.14. The average Bonchev–Trinajstić information content (AvgIpc) is 2.62. The van der Waals surface area contributed by atoms with E-state index in [9.17, 15) is 5.26 Å². The van der Waals surface area contributed by atoms with E-state index in [1.165, 1.54) is 0 Å². The van der Waals surface area contributed by atoms with Crippen LogP contribution in [0.5, 0.6) is 5.88 Å². The highest BCUT2D eigenvalue weighted by Gasteiger charge is 2.22. The first-order valence-corrected chi connectivity index (χ1v) is 8.60. The van der Waals surface area contributed by atoms with Gasteiger partial charge in [-0.2, -0.15) is 10.2 Å². The SMILES string of the molecule is CCOc1cccc(N2CCN(c3nc(C)cc(C)c3C#N)CC2)n1. The van der Waals surface area contributed by atoms with E-state index < -0.39 is 0 Å². The molecule has 2 aromatic heterocycles. The van der Waals surface area contributed by atoms with Crippen molar-refractivity contribution >= 4 is 11.6 Å². The van der Waals surface area contributed by atoms with Crippen molar-refractivity contribution in [3.63, 3.8) is 0 Å². The molecule has 0 atom stereocenters. The minimum atomic E-state index is 0.611. The molecule has 1 aliphatic heterocycles. The number of aromatic nitrogens is 2. The van der Waals surface area contributed by atoms with Crippen LogP contribution in [-0.2, 0) is 0 Å². The van der Waals surface area contributed by atoms with E-state index in [2.05, 4.69) is 25.8 Å². The molecule has 6 heteroatoms. The lowest BCUT2D eigenvalue weighted by atomic mass is 10.1. The summed E-state index contributed by atoms with van der Waals surface area (Å²) in [6.45, 7) is 9.80. The van der Waals surface area contributed by atoms with Crippen molar-refractivity contribution in [3.05, 3.63) is 41.1 Å². The summed E-state index contributed by atoms with van der Waals surface area (Å²) in [5, 5.41) is 9.48. The van der Waals surface area contributed by atoms with Crippen LogP contribution in [0, 0.1) is 25.2 Å². The average molecular weight is 337 g/mol. The molecule has 0 aliphatic carbocycles. The molecular formula is C19H23N5O. The summed E-state index contributed by atoms with van der Waals surface area (Å²) >= 11 is 0. The zero-order valence-electron chi connectivity index (χ0n) is 15.0. The molecule has 0 aromatic carbocycles. The normalized spacial score (nSPS) is 14.3. The second-order valence-electron chi connectivity index (χ2n) is 6.13. The number of nitriles is 1. The van der Waals surface area contributed by atoms with E-state index in [-0.39, 0.29) is 0 Å². The van der Waals surface area contributed by atoms with E-state index in [1.807, 2.05) is 45.0 Å². The van der Waals surface area contributed by atoms with Crippen molar-refractivity contribution in [3.8, 4) is 11.9 Å². The first kappa shape index (κ1) is 17.0. The van der Waals surface area contributed by atoms with Gasteiger partial charge in [0.25, 0.3) is 0 Å². The van der Waals surface area contributed by atoms with Crippen molar-refractivity contribution < 1.29 is 4.74 Å². The van der Waals surface area contributed by atoms with Crippen LogP contribution in [-0.4, -0.2) is 42.8 Å². The lowest BCUT2D eigenvalue weighted by Gasteiger charge is -2.36. The molecule has 0 spiro atoms. The van der Waals surface area contributed by atoms with Crippen LogP contribution in [0.2, 0.25) is 0 Å². The molecule has 0 unspecified atom stereocenters. The summed E-state index contributed by atoms with van der Waals surface area (Å²) in [5.74, 6) is 2.39. The number of pyridine rings is 2. The Kier molecular flexibility index (Phi) is 5.03. The quantitative estimate of drug-likeness (QED) is 0.855. The first-order chi connectivity index (χ1) is 12.1. The molecule has 1 saturated heterocycles. The lowest BCUT2D eigenvalue weighted by Crippen LogP contribution is -2.47. The van der Waals surface area contributed by atoms with Crippen LogP contribution >= 0.6 is 0 Å². The summed E-state index contributed by atoms with van der Waals surface area (Å²) < 4.78 is 5.49. The Hall–Kier alpha value is -2.81. The van der Waals surface area contributed by atoms with Gasteiger partial charge in [-0.15, -0.1) is 0 Å². The van der Waals surface area contributed by atoms with Crippen molar-refractivity contribution in [2.24, 2.45) is 0 Å². The first-order valence-electron chi connectivity index (χ1n) is 8.60. The van der Waals surface area contributed by atoms with Gasteiger partial charge in [-0.25, -0.2) is 4.98 Å². The number of aryl methyl sites for hydroxylation is 2. The predicted molar refractivity (Wildman–Crippen MR) is 98.3 cm³/mol. The van der Waals surface area contributed by atoms with Crippen molar-refractivity contribution in [1.82, 2.24) is 9.97 Å². The number of rotatable bonds is 4. The number of anilines is 2. The monoisotopic (exact) mass is 337 g/mol. The van der Waals surface area contributed by atoms with Gasteiger partial charge in [-0.05, 0) is 38.5 Å². The Morgan fingerprint density at radius 3 is 2.52 bits per heavy atom. The summed E-state index contributed by atoms with van der Waals surface area (Å²) in [4.78, 5) is 13.6. The maximum atomic E-state index is 9.48.